The molecule has 1 aliphatic carbocycles. The SMILES string of the molecule is COc1ccc2c(c1)C(N)C(N1CCCCCC1)CC2. The van der Waals surface area contributed by atoms with Crippen LogP contribution < -0.4 is 10.5 Å². The van der Waals surface area contributed by atoms with Crippen LogP contribution in [0, 0.1) is 0 Å². The van der Waals surface area contributed by atoms with Crippen LogP contribution in [0.5, 0.6) is 5.75 Å². The molecule has 0 bridgehead atoms. The second kappa shape index (κ2) is 6.15. The molecular formula is C17H26N2O. The minimum Gasteiger partial charge on any atom is -0.497 e. The molecule has 3 nitrogen and oxygen atoms in total. The monoisotopic (exact) mass is 274 g/mol. The Hall–Kier alpha value is -1.06. The first-order chi connectivity index (χ1) is 9.79. The second-order valence-corrected chi connectivity index (χ2v) is 6.15. The van der Waals surface area contributed by atoms with Gasteiger partial charge < -0.3 is 10.5 Å². The van der Waals surface area contributed by atoms with Gasteiger partial charge in [-0.3, -0.25) is 4.90 Å². The number of nitrogens with zero attached hydrogens (tertiary/aromatic N) is 1. The van der Waals surface area contributed by atoms with E-state index in [2.05, 4.69) is 23.1 Å². The van der Waals surface area contributed by atoms with Crippen LogP contribution in [0.2, 0.25) is 0 Å². The highest BCUT2D eigenvalue weighted by atomic mass is 16.5. The first kappa shape index (κ1) is 13.9. The molecule has 3 heteroatoms. The molecule has 20 heavy (non-hydrogen) atoms. The van der Waals surface area contributed by atoms with Gasteiger partial charge in [0.15, 0.2) is 0 Å². The molecule has 0 saturated carbocycles. The van der Waals surface area contributed by atoms with E-state index >= 15 is 0 Å². The number of methoxy groups -OCH3 is 1. The maximum atomic E-state index is 6.60. The van der Waals surface area contributed by atoms with Gasteiger partial charge in [0, 0.05) is 12.1 Å². The summed E-state index contributed by atoms with van der Waals surface area (Å²) in [4.78, 5) is 2.64. The molecule has 2 atom stereocenters. The molecule has 1 aromatic carbocycles. The van der Waals surface area contributed by atoms with Gasteiger partial charge in [-0.25, -0.2) is 0 Å². The lowest BCUT2D eigenvalue weighted by Gasteiger charge is -2.39. The van der Waals surface area contributed by atoms with E-state index in [0.29, 0.717) is 6.04 Å². The number of hydrogen-bond donors (Lipinski definition) is 1. The van der Waals surface area contributed by atoms with Crippen molar-refractivity contribution in [3.8, 4) is 5.75 Å². The Morgan fingerprint density at radius 2 is 1.90 bits per heavy atom. The number of ether oxygens (including phenoxy) is 1. The van der Waals surface area contributed by atoms with E-state index in [1.807, 2.05) is 0 Å². The van der Waals surface area contributed by atoms with Crippen molar-refractivity contribution in [3.63, 3.8) is 0 Å². The molecule has 0 amide bonds. The van der Waals surface area contributed by atoms with Crippen LogP contribution in [-0.4, -0.2) is 31.1 Å². The Bertz CT molecular complexity index is 452. The number of hydrogen-bond acceptors (Lipinski definition) is 3. The van der Waals surface area contributed by atoms with Crippen molar-refractivity contribution in [1.82, 2.24) is 4.90 Å². The maximum absolute atomic E-state index is 6.60. The zero-order chi connectivity index (χ0) is 13.9. The highest BCUT2D eigenvalue weighted by molar-refractivity contribution is 5.40. The fraction of sp³-hybridized carbons (Fsp3) is 0.647. The molecule has 1 fully saturated rings. The van der Waals surface area contributed by atoms with Crippen molar-refractivity contribution in [2.45, 2.75) is 50.6 Å². The number of rotatable bonds is 2. The molecule has 3 rings (SSSR count). The lowest BCUT2D eigenvalue weighted by atomic mass is 9.83. The van der Waals surface area contributed by atoms with E-state index < -0.39 is 0 Å². The van der Waals surface area contributed by atoms with Gasteiger partial charge in [-0.1, -0.05) is 18.9 Å². The third kappa shape index (κ3) is 2.70. The predicted molar refractivity (Wildman–Crippen MR) is 82.1 cm³/mol. The second-order valence-electron chi connectivity index (χ2n) is 6.15. The molecule has 110 valence electrons. The van der Waals surface area contributed by atoms with Crippen LogP contribution in [0.1, 0.15) is 49.3 Å². The van der Waals surface area contributed by atoms with E-state index in [0.717, 1.165) is 12.2 Å². The van der Waals surface area contributed by atoms with Gasteiger partial charge in [0.25, 0.3) is 0 Å². The highest BCUT2D eigenvalue weighted by Gasteiger charge is 2.31. The number of nitrogens with two attached hydrogens (primary N) is 1. The summed E-state index contributed by atoms with van der Waals surface area (Å²) in [6, 6.07) is 7.02. The zero-order valence-electron chi connectivity index (χ0n) is 12.5. The summed E-state index contributed by atoms with van der Waals surface area (Å²) >= 11 is 0. The molecule has 2 aliphatic rings. The summed E-state index contributed by atoms with van der Waals surface area (Å²) in [5.41, 5.74) is 9.30. The summed E-state index contributed by atoms with van der Waals surface area (Å²) in [5, 5.41) is 0. The Kier molecular flexibility index (Phi) is 4.27. The summed E-state index contributed by atoms with van der Waals surface area (Å²) in [6.07, 6.45) is 7.75. The molecule has 0 aromatic heterocycles. The van der Waals surface area contributed by atoms with Crippen molar-refractivity contribution in [2.24, 2.45) is 5.73 Å². The molecule has 1 aliphatic heterocycles. The van der Waals surface area contributed by atoms with Gasteiger partial charge in [-0.2, -0.15) is 0 Å². The van der Waals surface area contributed by atoms with E-state index in [4.69, 9.17) is 10.5 Å². The number of benzene rings is 1. The Balaban J connectivity index is 1.81. The Morgan fingerprint density at radius 3 is 2.60 bits per heavy atom. The average molecular weight is 274 g/mol. The molecule has 0 radical (unpaired) electrons. The van der Waals surface area contributed by atoms with Gasteiger partial charge in [0.2, 0.25) is 0 Å². The van der Waals surface area contributed by atoms with Gasteiger partial charge in [-0.05, 0) is 62.0 Å². The van der Waals surface area contributed by atoms with Crippen LogP contribution in [0.25, 0.3) is 0 Å². The number of likely N-dealkylation sites (tertiary alicyclic amines) is 1. The largest absolute Gasteiger partial charge is 0.497 e. The lowest BCUT2D eigenvalue weighted by Crippen LogP contribution is -2.45. The molecule has 1 aromatic rings. The summed E-state index contributed by atoms with van der Waals surface area (Å²) < 4.78 is 5.36. The topological polar surface area (TPSA) is 38.5 Å². The third-order valence-electron chi connectivity index (χ3n) is 4.95. The quantitative estimate of drug-likeness (QED) is 0.901. The molecule has 0 spiro atoms. The average Bonchev–Trinajstić information content (AvgIpc) is 2.76. The van der Waals surface area contributed by atoms with Gasteiger partial charge in [-0.15, -0.1) is 0 Å². The minimum absolute atomic E-state index is 0.131. The standard InChI is InChI=1S/C17H26N2O/c1-20-14-8-6-13-7-9-16(17(18)15(13)12-14)19-10-4-2-3-5-11-19/h6,8,12,16-17H,2-5,7,9-11,18H2,1H3. The van der Waals surface area contributed by atoms with Crippen molar-refractivity contribution in [2.75, 3.05) is 20.2 Å². The first-order valence-electron chi connectivity index (χ1n) is 7.96. The number of aryl methyl sites for hydroxylation is 1. The summed E-state index contributed by atoms with van der Waals surface area (Å²) in [5.74, 6) is 0.927. The van der Waals surface area contributed by atoms with Crippen molar-refractivity contribution < 1.29 is 4.74 Å². The molecule has 1 saturated heterocycles. The van der Waals surface area contributed by atoms with Gasteiger partial charge in [0.05, 0.1) is 7.11 Å². The van der Waals surface area contributed by atoms with E-state index in [9.17, 15) is 0 Å². The van der Waals surface area contributed by atoms with E-state index in [1.54, 1.807) is 7.11 Å². The summed E-state index contributed by atoms with van der Waals surface area (Å²) in [7, 11) is 1.72. The molecular weight excluding hydrogens is 248 g/mol. The minimum atomic E-state index is 0.131. The van der Waals surface area contributed by atoms with Crippen LogP contribution in [0.4, 0.5) is 0 Å². The van der Waals surface area contributed by atoms with Crippen LogP contribution >= 0.6 is 0 Å². The van der Waals surface area contributed by atoms with Crippen molar-refractivity contribution in [1.29, 1.82) is 0 Å². The van der Waals surface area contributed by atoms with E-state index in [1.165, 1.54) is 56.3 Å². The smallest absolute Gasteiger partial charge is 0.119 e. The fourth-order valence-corrected chi connectivity index (χ4v) is 3.76. The van der Waals surface area contributed by atoms with Crippen molar-refractivity contribution in [3.05, 3.63) is 29.3 Å². The van der Waals surface area contributed by atoms with Crippen molar-refractivity contribution >= 4 is 0 Å². The zero-order valence-corrected chi connectivity index (χ0v) is 12.5. The predicted octanol–water partition coefficient (Wildman–Crippen LogP) is 2.89. The van der Waals surface area contributed by atoms with E-state index in [-0.39, 0.29) is 6.04 Å². The molecule has 1 heterocycles. The fourth-order valence-electron chi connectivity index (χ4n) is 3.76. The van der Waals surface area contributed by atoms with Gasteiger partial charge >= 0.3 is 0 Å². The first-order valence-corrected chi connectivity index (χ1v) is 7.96. The third-order valence-corrected chi connectivity index (χ3v) is 4.95. The van der Waals surface area contributed by atoms with Crippen LogP contribution in [0.15, 0.2) is 18.2 Å². The normalized spacial score (nSPS) is 27.7. The van der Waals surface area contributed by atoms with Crippen LogP contribution in [0.3, 0.4) is 0 Å². The highest BCUT2D eigenvalue weighted by Crippen LogP contribution is 2.34. The Labute approximate surface area is 122 Å². The lowest BCUT2D eigenvalue weighted by molar-refractivity contribution is 0.160. The molecule has 2 unspecified atom stereocenters. The number of fused-ring (bicyclic) bond motifs is 1. The van der Waals surface area contributed by atoms with Crippen LogP contribution in [-0.2, 0) is 6.42 Å². The van der Waals surface area contributed by atoms with Gasteiger partial charge in [0.1, 0.15) is 5.75 Å². The maximum Gasteiger partial charge on any atom is 0.119 e. The molecule has 2 N–H and O–H groups in total. The Morgan fingerprint density at radius 1 is 1.15 bits per heavy atom. The summed E-state index contributed by atoms with van der Waals surface area (Å²) in [6.45, 7) is 2.44.